The molecular formula is C20H36O3. The van der Waals surface area contributed by atoms with Gasteiger partial charge in [0.25, 0.3) is 5.97 Å². The van der Waals surface area contributed by atoms with E-state index >= 15 is 0 Å². The van der Waals surface area contributed by atoms with Crippen LogP contribution in [0.1, 0.15) is 78.6 Å². The van der Waals surface area contributed by atoms with Crippen molar-refractivity contribution in [3.63, 3.8) is 0 Å². The Kier molecular flexibility index (Phi) is 12.0. The fourth-order valence-electron chi connectivity index (χ4n) is 2.81. The van der Waals surface area contributed by atoms with Crippen molar-refractivity contribution in [1.82, 2.24) is 0 Å². The molecule has 0 aliphatic heterocycles. The summed E-state index contributed by atoms with van der Waals surface area (Å²) in [4.78, 5) is 0. The zero-order valence-electron chi connectivity index (χ0n) is 15.2. The lowest BCUT2D eigenvalue weighted by atomic mass is 9.72. The number of hydrogen-bond donors (Lipinski definition) is 3. The summed E-state index contributed by atoms with van der Waals surface area (Å²) in [7, 11) is 0. The standard InChI is InChI=1S/C20H36O3/c1-4-7-10-13-16-19(20(21,22)23,17-14-11-8-5-2)18-15-12-9-6-3/h7-12,21-23H,4-6,13-18H2,1-3H3. The Morgan fingerprint density at radius 3 is 1.09 bits per heavy atom. The first-order valence-corrected chi connectivity index (χ1v) is 9.05. The third kappa shape index (κ3) is 9.09. The highest BCUT2D eigenvalue weighted by Gasteiger charge is 2.46. The highest BCUT2D eigenvalue weighted by Crippen LogP contribution is 2.43. The Hall–Kier alpha value is -0.900. The van der Waals surface area contributed by atoms with Crippen molar-refractivity contribution in [1.29, 1.82) is 0 Å². The quantitative estimate of drug-likeness (QED) is 0.335. The first kappa shape index (κ1) is 22.1. The Morgan fingerprint density at radius 1 is 0.565 bits per heavy atom. The maximum absolute atomic E-state index is 10.0. The molecule has 0 atom stereocenters. The van der Waals surface area contributed by atoms with E-state index in [0.29, 0.717) is 19.3 Å². The summed E-state index contributed by atoms with van der Waals surface area (Å²) in [5.41, 5.74) is -0.902. The number of hydrogen-bond acceptors (Lipinski definition) is 3. The van der Waals surface area contributed by atoms with E-state index in [1.54, 1.807) is 0 Å². The van der Waals surface area contributed by atoms with E-state index in [4.69, 9.17) is 0 Å². The Bertz CT molecular complexity index is 316. The van der Waals surface area contributed by atoms with Gasteiger partial charge in [-0.2, -0.15) is 0 Å². The van der Waals surface area contributed by atoms with E-state index in [1.165, 1.54) is 0 Å². The normalized spacial score (nSPS) is 15.9. The molecule has 0 spiro atoms. The second-order valence-electron chi connectivity index (χ2n) is 6.17. The number of allylic oxidation sites excluding steroid dienone is 6. The molecule has 0 aliphatic carbocycles. The minimum Gasteiger partial charge on any atom is -0.343 e. The molecule has 0 amide bonds. The minimum atomic E-state index is -2.65. The lowest BCUT2D eigenvalue weighted by molar-refractivity contribution is -0.379. The molecule has 0 unspecified atom stereocenters. The van der Waals surface area contributed by atoms with Crippen LogP contribution in [0.3, 0.4) is 0 Å². The molecule has 0 rings (SSSR count). The smallest absolute Gasteiger partial charge is 0.281 e. The maximum Gasteiger partial charge on any atom is 0.281 e. The third-order valence-electron chi connectivity index (χ3n) is 4.29. The van der Waals surface area contributed by atoms with Crippen LogP contribution in [0.25, 0.3) is 0 Å². The first-order chi connectivity index (χ1) is 10.9. The van der Waals surface area contributed by atoms with Crippen molar-refractivity contribution in [3.8, 4) is 0 Å². The second-order valence-corrected chi connectivity index (χ2v) is 6.17. The highest BCUT2D eigenvalue weighted by molar-refractivity contribution is 4.95. The van der Waals surface area contributed by atoms with Gasteiger partial charge in [0, 0.05) is 0 Å². The molecule has 0 saturated carbocycles. The van der Waals surface area contributed by atoms with Crippen LogP contribution in [0, 0.1) is 5.41 Å². The van der Waals surface area contributed by atoms with Crippen LogP contribution >= 0.6 is 0 Å². The van der Waals surface area contributed by atoms with E-state index in [1.807, 2.05) is 0 Å². The van der Waals surface area contributed by atoms with Gasteiger partial charge >= 0.3 is 0 Å². The number of rotatable bonds is 13. The zero-order chi connectivity index (χ0) is 17.6. The Morgan fingerprint density at radius 2 is 0.870 bits per heavy atom. The molecule has 0 bridgehead atoms. The number of aliphatic hydroxyl groups is 3. The molecule has 23 heavy (non-hydrogen) atoms. The van der Waals surface area contributed by atoms with Gasteiger partial charge in [-0.05, 0) is 57.8 Å². The molecule has 0 fully saturated rings. The van der Waals surface area contributed by atoms with Crippen molar-refractivity contribution < 1.29 is 15.3 Å². The van der Waals surface area contributed by atoms with Crippen LogP contribution in [-0.2, 0) is 0 Å². The average molecular weight is 325 g/mol. The summed E-state index contributed by atoms with van der Waals surface area (Å²) in [5.74, 6) is -2.65. The Balaban J connectivity index is 5.06. The summed E-state index contributed by atoms with van der Waals surface area (Å²) >= 11 is 0. The predicted molar refractivity (Wildman–Crippen MR) is 97.8 cm³/mol. The topological polar surface area (TPSA) is 60.7 Å². The van der Waals surface area contributed by atoms with E-state index in [2.05, 4.69) is 57.2 Å². The van der Waals surface area contributed by atoms with Crippen molar-refractivity contribution >= 4 is 0 Å². The van der Waals surface area contributed by atoms with Crippen molar-refractivity contribution in [2.45, 2.75) is 84.5 Å². The van der Waals surface area contributed by atoms with Crippen LogP contribution < -0.4 is 0 Å². The van der Waals surface area contributed by atoms with Crippen molar-refractivity contribution in [3.05, 3.63) is 36.5 Å². The lowest BCUT2D eigenvalue weighted by Crippen LogP contribution is -2.48. The fourth-order valence-corrected chi connectivity index (χ4v) is 2.81. The summed E-state index contributed by atoms with van der Waals surface area (Å²) in [6, 6.07) is 0. The molecule has 0 aromatic heterocycles. The largest absolute Gasteiger partial charge is 0.343 e. The molecule has 3 heteroatoms. The minimum absolute atomic E-state index is 0.562. The molecular weight excluding hydrogens is 288 g/mol. The van der Waals surface area contributed by atoms with Gasteiger partial charge in [-0.15, -0.1) is 0 Å². The summed E-state index contributed by atoms with van der Waals surface area (Å²) in [6.45, 7) is 6.22. The van der Waals surface area contributed by atoms with Crippen molar-refractivity contribution in [2.24, 2.45) is 5.41 Å². The van der Waals surface area contributed by atoms with Crippen LogP contribution in [0.2, 0.25) is 0 Å². The van der Waals surface area contributed by atoms with Gasteiger partial charge in [0.2, 0.25) is 0 Å². The highest BCUT2D eigenvalue weighted by atomic mass is 16.7. The zero-order valence-corrected chi connectivity index (χ0v) is 15.2. The van der Waals surface area contributed by atoms with E-state index in [0.717, 1.165) is 38.5 Å². The maximum atomic E-state index is 10.0. The molecule has 3 N–H and O–H groups in total. The van der Waals surface area contributed by atoms with Gasteiger partial charge in [0.05, 0.1) is 5.41 Å². The second kappa shape index (κ2) is 12.5. The lowest BCUT2D eigenvalue weighted by Gasteiger charge is -2.40. The fraction of sp³-hybridized carbons (Fsp3) is 0.700. The van der Waals surface area contributed by atoms with Crippen molar-refractivity contribution in [2.75, 3.05) is 0 Å². The first-order valence-electron chi connectivity index (χ1n) is 9.05. The van der Waals surface area contributed by atoms with Crippen LogP contribution in [0.4, 0.5) is 0 Å². The average Bonchev–Trinajstić information content (AvgIpc) is 2.50. The molecule has 0 radical (unpaired) electrons. The molecule has 0 heterocycles. The van der Waals surface area contributed by atoms with E-state index in [-0.39, 0.29) is 0 Å². The van der Waals surface area contributed by atoms with Gasteiger partial charge in [0.1, 0.15) is 0 Å². The van der Waals surface area contributed by atoms with Gasteiger partial charge in [0.15, 0.2) is 0 Å². The molecule has 3 nitrogen and oxygen atoms in total. The summed E-state index contributed by atoms with van der Waals surface area (Å²) in [5, 5.41) is 30.1. The van der Waals surface area contributed by atoms with Gasteiger partial charge in [-0.3, -0.25) is 0 Å². The SMILES string of the molecule is CCC=CCCC(CCC=CCC)(CCC=CCC)C(O)(O)O. The van der Waals surface area contributed by atoms with Crippen LogP contribution in [0.15, 0.2) is 36.5 Å². The third-order valence-corrected chi connectivity index (χ3v) is 4.29. The molecule has 0 aromatic carbocycles. The molecule has 0 saturated heterocycles. The van der Waals surface area contributed by atoms with Gasteiger partial charge in [-0.25, -0.2) is 0 Å². The summed E-state index contributed by atoms with van der Waals surface area (Å²) in [6.07, 6.45) is 19.2. The Labute approximate surface area is 142 Å². The van der Waals surface area contributed by atoms with Gasteiger partial charge in [-0.1, -0.05) is 57.2 Å². The molecule has 0 aromatic rings. The van der Waals surface area contributed by atoms with Crippen LogP contribution in [-0.4, -0.2) is 21.3 Å². The summed E-state index contributed by atoms with van der Waals surface area (Å²) < 4.78 is 0. The van der Waals surface area contributed by atoms with Crippen LogP contribution in [0.5, 0.6) is 0 Å². The molecule has 134 valence electrons. The monoisotopic (exact) mass is 324 g/mol. The predicted octanol–water partition coefficient (Wildman–Crippen LogP) is 4.84. The van der Waals surface area contributed by atoms with E-state index < -0.39 is 11.4 Å². The van der Waals surface area contributed by atoms with E-state index in [9.17, 15) is 15.3 Å². The molecule has 0 aliphatic rings. The van der Waals surface area contributed by atoms with Gasteiger partial charge < -0.3 is 15.3 Å².